The zero-order valence-electron chi connectivity index (χ0n) is 12.5. The van der Waals surface area contributed by atoms with Crippen LogP contribution in [0, 0.1) is 0 Å². The topological polar surface area (TPSA) is 72.2 Å². The third-order valence-corrected chi connectivity index (χ3v) is 4.17. The lowest BCUT2D eigenvalue weighted by Crippen LogP contribution is -2.26. The maximum Gasteiger partial charge on any atom is 0.335 e. The summed E-state index contributed by atoms with van der Waals surface area (Å²) < 4.78 is 1.73. The number of carboxylic acid groups (broad SMARTS) is 1. The van der Waals surface area contributed by atoms with E-state index in [0.29, 0.717) is 23.3 Å². The van der Waals surface area contributed by atoms with E-state index >= 15 is 0 Å². The molecule has 5 heteroatoms. The van der Waals surface area contributed by atoms with Gasteiger partial charge in [-0.2, -0.15) is 0 Å². The van der Waals surface area contributed by atoms with Crippen LogP contribution < -0.4 is 5.56 Å². The number of aromatic nitrogens is 2. The lowest BCUT2D eigenvalue weighted by molar-refractivity contribution is 0.0697. The van der Waals surface area contributed by atoms with Gasteiger partial charge in [-0.05, 0) is 50.0 Å². The van der Waals surface area contributed by atoms with Crippen molar-refractivity contribution in [3.8, 4) is 0 Å². The number of rotatable bonds is 1. The Morgan fingerprint density at radius 3 is 2.86 bits per heavy atom. The molecule has 0 radical (unpaired) electrons. The Morgan fingerprint density at radius 1 is 1.32 bits per heavy atom. The van der Waals surface area contributed by atoms with E-state index < -0.39 is 5.97 Å². The van der Waals surface area contributed by atoms with Crippen LogP contribution in [0.3, 0.4) is 0 Å². The molecule has 1 aromatic heterocycles. The van der Waals surface area contributed by atoms with E-state index in [4.69, 9.17) is 5.11 Å². The van der Waals surface area contributed by atoms with Crippen LogP contribution in [-0.4, -0.2) is 20.6 Å². The van der Waals surface area contributed by atoms with Gasteiger partial charge in [-0.3, -0.25) is 9.36 Å². The van der Waals surface area contributed by atoms with Crippen molar-refractivity contribution in [3.05, 3.63) is 46.0 Å². The summed E-state index contributed by atoms with van der Waals surface area (Å²) in [6, 6.07) is 4.50. The SMILES string of the molecule is C/C=C1\CCCCCn2c1nc1cc(C(=O)O)ccc1c2=O. The lowest BCUT2D eigenvalue weighted by atomic mass is 10.0. The molecule has 22 heavy (non-hydrogen) atoms. The quantitative estimate of drug-likeness (QED) is 0.878. The third kappa shape index (κ3) is 2.43. The Morgan fingerprint density at radius 2 is 2.14 bits per heavy atom. The van der Waals surface area contributed by atoms with Crippen LogP contribution in [0.2, 0.25) is 0 Å². The highest BCUT2D eigenvalue weighted by atomic mass is 16.4. The Kier molecular flexibility index (Phi) is 3.79. The number of aromatic carboxylic acids is 1. The van der Waals surface area contributed by atoms with Crippen molar-refractivity contribution >= 4 is 22.4 Å². The van der Waals surface area contributed by atoms with E-state index in [0.717, 1.165) is 31.3 Å². The molecule has 0 amide bonds. The molecule has 0 fully saturated rings. The number of hydrogen-bond donors (Lipinski definition) is 1. The molecular formula is C17H18N2O3. The van der Waals surface area contributed by atoms with Crippen LogP contribution in [0.5, 0.6) is 0 Å². The minimum atomic E-state index is -1.01. The monoisotopic (exact) mass is 298 g/mol. The molecule has 0 saturated carbocycles. The molecule has 114 valence electrons. The number of carboxylic acids is 1. The van der Waals surface area contributed by atoms with Crippen LogP contribution in [0.1, 0.15) is 48.8 Å². The average Bonchev–Trinajstić information content (AvgIpc) is 2.49. The number of benzene rings is 1. The maximum atomic E-state index is 12.7. The first kappa shape index (κ1) is 14.5. The number of carbonyl (C=O) groups is 1. The summed E-state index contributed by atoms with van der Waals surface area (Å²) in [5.74, 6) is -0.330. The molecular weight excluding hydrogens is 280 g/mol. The molecule has 0 aliphatic carbocycles. The van der Waals surface area contributed by atoms with Gasteiger partial charge in [0.1, 0.15) is 5.82 Å². The lowest BCUT2D eigenvalue weighted by Gasteiger charge is -2.18. The van der Waals surface area contributed by atoms with Gasteiger partial charge in [0.25, 0.3) is 5.56 Å². The molecule has 1 aliphatic heterocycles. The molecule has 1 aromatic carbocycles. The molecule has 2 aromatic rings. The number of hydrogen-bond acceptors (Lipinski definition) is 3. The minimum Gasteiger partial charge on any atom is -0.478 e. The van der Waals surface area contributed by atoms with Gasteiger partial charge >= 0.3 is 5.97 Å². The molecule has 0 bridgehead atoms. The Balaban J connectivity index is 2.31. The predicted octanol–water partition coefficient (Wildman–Crippen LogP) is 3.07. The zero-order valence-corrected chi connectivity index (χ0v) is 12.5. The molecule has 1 aliphatic rings. The summed E-state index contributed by atoms with van der Waals surface area (Å²) >= 11 is 0. The second-order valence-corrected chi connectivity index (χ2v) is 5.55. The van der Waals surface area contributed by atoms with Gasteiger partial charge in [0, 0.05) is 6.54 Å². The van der Waals surface area contributed by atoms with Crippen molar-refractivity contribution in [2.75, 3.05) is 0 Å². The predicted molar refractivity (Wildman–Crippen MR) is 85.1 cm³/mol. The molecule has 0 spiro atoms. The summed E-state index contributed by atoms with van der Waals surface area (Å²) in [5, 5.41) is 9.59. The number of fused-ring (bicyclic) bond motifs is 2. The Labute approximate surface area is 127 Å². The normalized spacial score (nSPS) is 17.0. The highest BCUT2D eigenvalue weighted by Gasteiger charge is 2.17. The smallest absolute Gasteiger partial charge is 0.335 e. The second kappa shape index (κ2) is 5.75. The molecule has 3 rings (SSSR count). The first-order valence-electron chi connectivity index (χ1n) is 7.55. The summed E-state index contributed by atoms with van der Waals surface area (Å²) in [5.41, 5.74) is 1.57. The first-order valence-corrected chi connectivity index (χ1v) is 7.55. The molecule has 0 saturated heterocycles. The van der Waals surface area contributed by atoms with E-state index in [2.05, 4.69) is 4.98 Å². The molecule has 0 atom stereocenters. The van der Waals surface area contributed by atoms with E-state index in [1.54, 1.807) is 10.6 Å². The van der Waals surface area contributed by atoms with Gasteiger partial charge in [0.2, 0.25) is 0 Å². The van der Waals surface area contributed by atoms with Crippen LogP contribution in [0.25, 0.3) is 16.5 Å². The number of allylic oxidation sites excluding steroid dienone is 2. The van der Waals surface area contributed by atoms with Crippen molar-refractivity contribution in [1.82, 2.24) is 9.55 Å². The largest absolute Gasteiger partial charge is 0.478 e. The van der Waals surface area contributed by atoms with Crippen LogP contribution in [-0.2, 0) is 6.54 Å². The summed E-state index contributed by atoms with van der Waals surface area (Å²) in [6.07, 6.45) is 6.04. The second-order valence-electron chi connectivity index (χ2n) is 5.55. The molecule has 5 nitrogen and oxygen atoms in total. The van der Waals surface area contributed by atoms with Gasteiger partial charge in [-0.15, -0.1) is 0 Å². The van der Waals surface area contributed by atoms with Gasteiger partial charge < -0.3 is 5.11 Å². The minimum absolute atomic E-state index is 0.0850. The van der Waals surface area contributed by atoms with Crippen molar-refractivity contribution in [1.29, 1.82) is 0 Å². The highest BCUT2D eigenvalue weighted by Crippen LogP contribution is 2.24. The van der Waals surface area contributed by atoms with Crippen molar-refractivity contribution < 1.29 is 9.90 Å². The Hall–Kier alpha value is -2.43. The van der Waals surface area contributed by atoms with Crippen molar-refractivity contribution in [3.63, 3.8) is 0 Å². The molecule has 0 unspecified atom stereocenters. The fourth-order valence-corrected chi connectivity index (χ4v) is 2.95. The van der Waals surface area contributed by atoms with E-state index in [1.165, 1.54) is 12.1 Å². The van der Waals surface area contributed by atoms with Gasteiger partial charge in [-0.25, -0.2) is 9.78 Å². The van der Waals surface area contributed by atoms with Crippen LogP contribution >= 0.6 is 0 Å². The van der Waals surface area contributed by atoms with Gasteiger partial charge in [0.05, 0.1) is 16.5 Å². The fraction of sp³-hybridized carbons (Fsp3) is 0.353. The van der Waals surface area contributed by atoms with Crippen molar-refractivity contribution in [2.24, 2.45) is 0 Å². The fourth-order valence-electron chi connectivity index (χ4n) is 2.95. The van der Waals surface area contributed by atoms with E-state index in [9.17, 15) is 9.59 Å². The standard InChI is InChI=1S/C17H18N2O3/c1-2-11-6-4-3-5-9-19-15(11)18-14-10-12(17(21)22)7-8-13(14)16(19)20/h2,7-8,10H,3-6,9H2,1H3,(H,21,22)/b11-2+. The highest BCUT2D eigenvalue weighted by molar-refractivity contribution is 5.93. The third-order valence-electron chi connectivity index (χ3n) is 4.17. The van der Waals surface area contributed by atoms with Gasteiger partial charge in [0.15, 0.2) is 0 Å². The first-order chi connectivity index (χ1) is 10.6. The summed E-state index contributed by atoms with van der Waals surface area (Å²) in [7, 11) is 0. The van der Waals surface area contributed by atoms with Crippen LogP contribution in [0.4, 0.5) is 0 Å². The van der Waals surface area contributed by atoms with E-state index in [1.807, 2.05) is 13.0 Å². The Bertz CT molecular complexity index is 834. The van der Waals surface area contributed by atoms with Crippen molar-refractivity contribution in [2.45, 2.75) is 39.2 Å². The van der Waals surface area contributed by atoms with E-state index in [-0.39, 0.29) is 11.1 Å². The molecule has 1 N–H and O–H groups in total. The number of nitrogens with zero attached hydrogens (tertiary/aromatic N) is 2. The maximum absolute atomic E-state index is 12.7. The molecule has 2 heterocycles. The zero-order chi connectivity index (χ0) is 15.7. The summed E-state index contributed by atoms with van der Waals surface area (Å²) in [4.78, 5) is 28.5. The van der Waals surface area contributed by atoms with Crippen LogP contribution in [0.15, 0.2) is 29.1 Å². The van der Waals surface area contributed by atoms with Gasteiger partial charge in [-0.1, -0.05) is 12.5 Å². The summed E-state index contributed by atoms with van der Waals surface area (Å²) in [6.45, 7) is 2.61. The average molecular weight is 298 g/mol.